The summed E-state index contributed by atoms with van der Waals surface area (Å²) in [6.45, 7) is 4.44. The van der Waals surface area contributed by atoms with Crippen molar-refractivity contribution >= 4 is 12.0 Å². The number of hydrogen-bond acceptors (Lipinski definition) is 6. The first-order valence-electron chi connectivity index (χ1n) is 10.3. The number of hydrogen-bond donors (Lipinski definition) is 2. The highest BCUT2D eigenvalue weighted by atomic mass is 16.5. The second-order valence-corrected chi connectivity index (χ2v) is 7.91. The van der Waals surface area contributed by atoms with Gasteiger partial charge < -0.3 is 29.4 Å². The summed E-state index contributed by atoms with van der Waals surface area (Å²) in [5.41, 5.74) is 2.54. The lowest BCUT2D eigenvalue weighted by Gasteiger charge is -2.36. The second-order valence-electron chi connectivity index (χ2n) is 7.91. The second kappa shape index (κ2) is 9.72. The van der Waals surface area contributed by atoms with Gasteiger partial charge in [0, 0.05) is 24.7 Å². The van der Waals surface area contributed by atoms with Gasteiger partial charge in [0.15, 0.2) is 0 Å². The van der Waals surface area contributed by atoms with Crippen LogP contribution in [0.5, 0.6) is 11.5 Å². The summed E-state index contributed by atoms with van der Waals surface area (Å²) in [6.07, 6.45) is 2.75. The molecule has 1 aliphatic rings. The normalized spacial score (nSPS) is 16.5. The predicted octanol–water partition coefficient (Wildman–Crippen LogP) is 2.67. The third kappa shape index (κ3) is 4.92. The van der Waals surface area contributed by atoms with Crippen molar-refractivity contribution in [1.82, 2.24) is 20.2 Å². The zero-order valence-electron chi connectivity index (χ0n) is 18.6. The molecule has 31 heavy (non-hydrogen) atoms. The number of fused-ring (bicyclic) bond motifs is 1. The maximum Gasteiger partial charge on any atom is 0.328 e. The Labute approximate surface area is 182 Å². The third-order valence-corrected chi connectivity index (χ3v) is 5.37. The Balaban J connectivity index is 1.97. The van der Waals surface area contributed by atoms with Crippen LogP contribution in [0, 0.1) is 5.92 Å². The minimum atomic E-state index is -0.724. The van der Waals surface area contributed by atoms with Crippen molar-refractivity contribution in [3.8, 4) is 11.5 Å². The molecule has 1 aromatic carbocycles. The van der Waals surface area contributed by atoms with Gasteiger partial charge in [-0.15, -0.1) is 0 Å². The van der Waals surface area contributed by atoms with Gasteiger partial charge in [-0.25, -0.2) is 14.6 Å². The van der Waals surface area contributed by atoms with Crippen LogP contribution in [0.3, 0.4) is 0 Å². The van der Waals surface area contributed by atoms with E-state index in [2.05, 4.69) is 15.3 Å². The van der Waals surface area contributed by atoms with Gasteiger partial charge in [0.05, 0.1) is 33.4 Å². The number of esters is 1. The van der Waals surface area contributed by atoms with Crippen LogP contribution < -0.4 is 14.8 Å². The number of nitrogens with one attached hydrogen (secondary N) is 2. The Bertz CT molecular complexity index is 904. The van der Waals surface area contributed by atoms with Gasteiger partial charge in [-0.3, -0.25) is 0 Å². The molecule has 9 nitrogen and oxygen atoms in total. The molecule has 0 aliphatic carbocycles. The number of urea groups is 1. The molecule has 2 aromatic rings. The van der Waals surface area contributed by atoms with E-state index in [-0.39, 0.29) is 11.9 Å². The minimum absolute atomic E-state index is 0.210. The van der Waals surface area contributed by atoms with Crippen LogP contribution >= 0.6 is 0 Å². The van der Waals surface area contributed by atoms with Gasteiger partial charge in [-0.1, -0.05) is 13.8 Å². The Morgan fingerprint density at radius 1 is 1.19 bits per heavy atom. The quantitative estimate of drug-likeness (QED) is 0.654. The molecule has 0 radical (unpaired) electrons. The number of rotatable bonds is 7. The first-order chi connectivity index (χ1) is 14.9. The lowest BCUT2D eigenvalue weighted by atomic mass is 9.95. The molecular formula is C22H30N4O5. The van der Waals surface area contributed by atoms with Crippen LogP contribution in [0.15, 0.2) is 24.5 Å². The molecule has 168 valence electrons. The average molecular weight is 431 g/mol. The molecule has 0 saturated carbocycles. The maximum absolute atomic E-state index is 13.3. The van der Waals surface area contributed by atoms with Crippen molar-refractivity contribution in [2.45, 2.75) is 38.8 Å². The SMILES string of the molecule is COC(=O)C(CC(C)C)NC(=O)N1CCc2[nH]cnc2C1c1cc(OC)cc(OC)c1. The molecule has 2 unspecified atom stereocenters. The fourth-order valence-electron chi connectivity index (χ4n) is 3.88. The van der Waals surface area contributed by atoms with Gasteiger partial charge in [-0.05, 0) is 30.0 Å². The number of methoxy groups -OCH3 is 3. The lowest BCUT2D eigenvalue weighted by Crippen LogP contribution is -2.51. The first-order valence-corrected chi connectivity index (χ1v) is 10.3. The Hall–Kier alpha value is -3.23. The van der Waals surface area contributed by atoms with E-state index in [1.807, 2.05) is 26.0 Å². The van der Waals surface area contributed by atoms with Crippen LogP contribution in [0.4, 0.5) is 4.79 Å². The number of nitrogens with zero attached hydrogens (tertiary/aromatic N) is 2. The van der Waals surface area contributed by atoms with E-state index >= 15 is 0 Å². The number of imidazole rings is 1. The van der Waals surface area contributed by atoms with Gasteiger partial charge in [0.2, 0.25) is 0 Å². The average Bonchev–Trinajstić information content (AvgIpc) is 3.25. The molecule has 2 atom stereocenters. The molecule has 2 N–H and O–H groups in total. The summed E-state index contributed by atoms with van der Waals surface area (Å²) in [6, 6.07) is 3.97. The third-order valence-electron chi connectivity index (χ3n) is 5.37. The van der Waals surface area contributed by atoms with E-state index in [4.69, 9.17) is 14.2 Å². The van der Waals surface area contributed by atoms with Crippen molar-refractivity contribution < 1.29 is 23.8 Å². The smallest absolute Gasteiger partial charge is 0.328 e. The molecule has 3 rings (SSSR count). The fourth-order valence-corrected chi connectivity index (χ4v) is 3.88. The Morgan fingerprint density at radius 2 is 1.87 bits per heavy atom. The number of carbonyl (C=O) groups is 2. The molecular weight excluding hydrogens is 400 g/mol. The number of carbonyl (C=O) groups excluding carboxylic acids is 2. The summed E-state index contributed by atoms with van der Waals surface area (Å²) >= 11 is 0. The van der Waals surface area contributed by atoms with Crippen molar-refractivity contribution in [1.29, 1.82) is 0 Å². The van der Waals surface area contributed by atoms with Crippen molar-refractivity contribution in [3.63, 3.8) is 0 Å². The summed E-state index contributed by atoms with van der Waals surface area (Å²) in [4.78, 5) is 34.9. The van der Waals surface area contributed by atoms with Crippen LogP contribution in [0.1, 0.15) is 43.3 Å². The monoisotopic (exact) mass is 430 g/mol. The fraction of sp³-hybridized carbons (Fsp3) is 0.500. The van der Waals surface area contributed by atoms with Gasteiger partial charge in [0.1, 0.15) is 23.6 Å². The number of ether oxygens (including phenoxy) is 3. The van der Waals surface area contributed by atoms with E-state index in [0.29, 0.717) is 30.9 Å². The molecule has 0 bridgehead atoms. The highest BCUT2D eigenvalue weighted by molar-refractivity contribution is 5.84. The molecule has 2 amide bonds. The van der Waals surface area contributed by atoms with Crippen molar-refractivity contribution in [3.05, 3.63) is 41.5 Å². The topological polar surface area (TPSA) is 106 Å². The van der Waals surface area contributed by atoms with E-state index in [0.717, 1.165) is 17.0 Å². The maximum atomic E-state index is 13.3. The van der Waals surface area contributed by atoms with E-state index in [1.165, 1.54) is 7.11 Å². The molecule has 9 heteroatoms. The zero-order valence-corrected chi connectivity index (χ0v) is 18.6. The van der Waals surface area contributed by atoms with Crippen LogP contribution in [-0.4, -0.2) is 60.8 Å². The molecule has 2 heterocycles. The molecule has 0 fully saturated rings. The molecule has 1 aromatic heterocycles. The lowest BCUT2D eigenvalue weighted by molar-refractivity contribution is -0.143. The molecule has 1 aliphatic heterocycles. The summed E-state index contributed by atoms with van der Waals surface area (Å²) in [5.74, 6) is 0.982. The molecule has 0 spiro atoms. The van der Waals surface area contributed by atoms with Crippen LogP contribution in [0.25, 0.3) is 0 Å². The number of aromatic amines is 1. The van der Waals surface area contributed by atoms with Crippen molar-refractivity contribution in [2.75, 3.05) is 27.9 Å². The minimum Gasteiger partial charge on any atom is -0.497 e. The number of amides is 2. The van der Waals surface area contributed by atoms with Gasteiger partial charge in [0.25, 0.3) is 0 Å². The van der Waals surface area contributed by atoms with Gasteiger partial charge in [-0.2, -0.15) is 0 Å². The summed E-state index contributed by atoms with van der Waals surface area (Å²) < 4.78 is 15.7. The highest BCUT2D eigenvalue weighted by Gasteiger charge is 2.36. The predicted molar refractivity (Wildman–Crippen MR) is 114 cm³/mol. The van der Waals surface area contributed by atoms with E-state index in [9.17, 15) is 9.59 Å². The number of aromatic nitrogens is 2. The van der Waals surface area contributed by atoms with Crippen molar-refractivity contribution in [2.24, 2.45) is 5.92 Å². The van der Waals surface area contributed by atoms with Crippen LogP contribution in [-0.2, 0) is 16.0 Å². The van der Waals surface area contributed by atoms with E-state index in [1.54, 1.807) is 31.5 Å². The first kappa shape index (κ1) is 22.5. The molecule has 0 saturated heterocycles. The largest absolute Gasteiger partial charge is 0.497 e. The summed E-state index contributed by atoms with van der Waals surface area (Å²) in [5, 5.41) is 2.86. The number of benzene rings is 1. The number of H-pyrrole nitrogens is 1. The van der Waals surface area contributed by atoms with Gasteiger partial charge >= 0.3 is 12.0 Å². The summed E-state index contributed by atoms with van der Waals surface area (Å²) in [7, 11) is 4.48. The Kier molecular flexibility index (Phi) is 7.04. The zero-order chi connectivity index (χ0) is 22.5. The Morgan fingerprint density at radius 3 is 2.45 bits per heavy atom. The standard InChI is InChI=1S/C22H30N4O5/c1-13(2)8-18(21(27)31-5)25-22(28)26-7-6-17-19(24-12-23-17)20(26)14-9-15(29-3)11-16(10-14)30-4/h9-13,18,20H,6-8H2,1-5H3,(H,23,24)(H,25,28). The van der Waals surface area contributed by atoms with Crippen LogP contribution in [0.2, 0.25) is 0 Å². The highest BCUT2D eigenvalue weighted by Crippen LogP contribution is 2.37. The van der Waals surface area contributed by atoms with E-state index < -0.39 is 18.1 Å².